The third kappa shape index (κ3) is 3.80. The Morgan fingerprint density at radius 3 is 2.59 bits per heavy atom. The first-order chi connectivity index (χ1) is 15.5. The van der Waals surface area contributed by atoms with Crippen LogP contribution in [0.3, 0.4) is 0 Å². The molecule has 2 atom stereocenters. The number of piperidine rings is 2. The third-order valence-corrected chi connectivity index (χ3v) is 7.17. The fraction of sp³-hybridized carbons (Fsp3) is 0.565. The van der Waals surface area contributed by atoms with Gasteiger partial charge in [-0.05, 0) is 49.9 Å². The normalized spacial score (nSPS) is 26.6. The molecule has 4 aliphatic heterocycles. The highest BCUT2D eigenvalue weighted by atomic mass is 16.2. The van der Waals surface area contributed by atoms with Gasteiger partial charge in [0.1, 0.15) is 6.04 Å². The fourth-order valence-corrected chi connectivity index (χ4v) is 5.44. The molecule has 9 heteroatoms. The highest BCUT2D eigenvalue weighted by Gasteiger charge is 2.40. The number of nitrogens with one attached hydrogen (secondary N) is 3. The van der Waals surface area contributed by atoms with E-state index in [0.717, 1.165) is 50.0 Å². The minimum absolute atomic E-state index is 0.154. The predicted molar refractivity (Wildman–Crippen MR) is 115 cm³/mol. The maximum absolute atomic E-state index is 13.2. The number of benzene rings is 1. The van der Waals surface area contributed by atoms with Crippen molar-refractivity contribution < 1.29 is 19.2 Å². The molecule has 0 saturated carbocycles. The molecule has 4 aliphatic rings. The van der Waals surface area contributed by atoms with Gasteiger partial charge >= 0.3 is 0 Å². The van der Waals surface area contributed by atoms with Gasteiger partial charge in [-0.15, -0.1) is 0 Å². The molecule has 4 amide bonds. The monoisotopic (exact) mass is 439 g/mol. The molecule has 3 saturated heterocycles. The van der Waals surface area contributed by atoms with Crippen LogP contribution in [0, 0.1) is 0 Å². The van der Waals surface area contributed by atoms with E-state index < -0.39 is 11.9 Å². The van der Waals surface area contributed by atoms with E-state index in [0.29, 0.717) is 31.1 Å². The highest BCUT2D eigenvalue weighted by molar-refractivity contribution is 6.06. The summed E-state index contributed by atoms with van der Waals surface area (Å²) < 4.78 is 0. The van der Waals surface area contributed by atoms with E-state index in [2.05, 4.69) is 16.0 Å². The second-order valence-corrected chi connectivity index (χ2v) is 9.09. The van der Waals surface area contributed by atoms with Crippen LogP contribution in [0.25, 0.3) is 0 Å². The Bertz CT molecular complexity index is 958. The molecule has 0 aromatic heterocycles. The highest BCUT2D eigenvalue weighted by Crippen LogP contribution is 2.30. The lowest BCUT2D eigenvalue weighted by Gasteiger charge is -2.31. The average molecular weight is 440 g/mol. The molecule has 1 aromatic carbocycles. The molecule has 1 aromatic rings. The molecule has 2 unspecified atom stereocenters. The second kappa shape index (κ2) is 8.63. The number of likely N-dealkylation sites (tertiary alicyclic amines) is 1. The van der Waals surface area contributed by atoms with E-state index in [9.17, 15) is 19.2 Å². The molecular formula is C23H29N5O4. The smallest absolute Gasteiger partial charge is 0.255 e. The van der Waals surface area contributed by atoms with Gasteiger partial charge in [0.15, 0.2) is 0 Å². The van der Waals surface area contributed by atoms with Crippen LogP contribution < -0.4 is 16.0 Å². The van der Waals surface area contributed by atoms with Gasteiger partial charge < -0.3 is 20.4 Å². The largest absolute Gasteiger partial charge is 0.338 e. The van der Waals surface area contributed by atoms with Crippen molar-refractivity contribution in [3.63, 3.8) is 0 Å². The number of hydrogen-bond donors (Lipinski definition) is 3. The number of carbonyl (C=O) groups is 4. The molecule has 0 aliphatic carbocycles. The Morgan fingerprint density at radius 2 is 1.81 bits per heavy atom. The molecule has 170 valence electrons. The molecule has 32 heavy (non-hydrogen) atoms. The molecule has 3 fully saturated rings. The van der Waals surface area contributed by atoms with E-state index in [1.165, 1.54) is 0 Å². The van der Waals surface area contributed by atoms with Gasteiger partial charge in [-0.2, -0.15) is 0 Å². The predicted octanol–water partition coefficient (Wildman–Crippen LogP) is -0.110. The Balaban J connectivity index is 1.25. The molecule has 5 rings (SSSR count). The quantitative estimate of drug-likeness (QED) is 0.552. The van der Waals surface area contributed by atoms with Crippen molar-refractivity contribution in [1.82, 2.24) is 25.8 Å². The van der Waals surface area contributed by atoms with Gasteiger partial charge in [-0.25, -0.2) is 0 Å². The number of hydrogen-bond acceptors (Lipinski definition) is 6. The minimum atomic E-state index is -0.622. The Kier molecular flexibility index (Phi) is 5.69. The Morgan fingerprint density at radius 1 is 1.00 bits per heavy atom. The number of rotatable bonds is 5. The topological polar surface area (TPSA) is 111 Å². The van der Waals surface area contributed by atoms with Gasteiger partial charge in [-0.3, -0.25) is 24.5 Å². The lowest BCUT2D eigenvalue weighted by molar-refractivity contribution is -0.137. The van der Waals surface area contributed by atoms with Crippen LogP contribution in [0.15, 0.2) is 18.2 Å². The van der Waals surface area contributed by atoms with Crippen molar-refractivity contribution in [2.24, 2.45) is 0 Å². The van der Waals surface area contributed by atoms with Crippen LogP contribution in [0.2, 0.25) is 0 Å². The summed E-state index contributed by atoms with van der Waals surface area (Å²) in [6.45, 7) is 3.47. The van der Waals surface area contributed by atoms with Crippen LogP contribution in [0.5, 0.6) is 0 Å². The van der Waals surface area contributed by atoms with Crippen molar-refractivity contribution in [3.05, 3.63) is 34.9 Å². The maximum atomic E-state index is 13.2. The first kappa shape index (κ1) is 21.1. The maximum Gasteiger partial charge on any atom is 0.255 e. The molecular weight excluding hydrogens is 410 g/mol. The van der Waals surface area contributed by atoms with Crippen molar-refractivity contribution in [2.75, 3.05) is 19.6 Å². The summed E-state index contributed by atoms with van der Waals surface area (Å²) >= 11 is 0. The van der Waals surface area contributed by atoms with Gasteiger partial charge in [0.2, 0.25) is 17.7 Å². The summed E-state index contributed by atoms with van der Waals surface area (Å²) in [5.74, 6) is -0.723. The van der Waals surface area contributed by atoms with Gasteiger partial charge in [0.25, 0.3) is 5.91 Å². The van der Waals surface area contributed by atoms with Crippen LogP contribution >= 0.6 is 0 Å². The van der Waals surface area contributed by atoms with Gasteiger partial charge in [0, 0.05) is 37.7 Å². The first-order valence-corrected chi connectivity index (χ1v) is 11.5. The molecule has 4 heterocycles. The number of amides is 4. The zero-order valence-corrected chi connectivity index (χ0v) is 18.1. The van der Waals surface area contributed by atoms with Crippen molar-refractivity contribution in [3.8, 4) is 0 Å². The number of nitrogens with zero attached hydrogens (tertiary/aromatic N) is 2. The summed E-state index contributed by atoms with van der Waals surface area (Å²) in [6.07, 6.45) is 3.35. The van der Waals surface area contributed by atoms with E-state index in [4.69, 9.17) is 0 Å². The summed E-state index contributed by atoms with van der Waals surface area (Å²) in [4.78, 5) is 53.5. The van der Waals surface area contributed by atoms with E-state index in [1.54, 1.807) is 4.90 Å². The number of carbonyl (C=O) groups excluding carboxylic acids is 4. The van der Waals surface area contributed by atoms with Crippen LogP contribution in [0.4, 0.5) is 0 Å². The van der Waals surface area contributed by atoms with Crippen LogP contribution in [-0.2, 0) is 27.5 Å². The van der Waals surface area contributed by atoms with Crippen molar-refractivity contribution in [1.29, 1.82) is 0 Å². The number of imide groups is 1. The second-order valence-electron chi connectivity index (χ2n) is 9.09. The van der Waals surface area contributed by atoms with Crippen LogP contribution in [0.1, 0.15) is 53.6 Å². The van der Waals surface area contributed by atoms with Crippen LogP contribution in [-0.4, -0.2) is 71.2 Å². The minimum Gasteiger partial charge on any atom is -0.338 e. The van der Waals surface area contributed by atoms with Gasteiger partial charge in [0.05, 0.1) is 6.04 Å². The molecule has 0 bridgehead atoms. The summed E-state index contributed by atoms with van der Waals surface area (Å²) in [5.41, 5.74) is 2.34. The molecule has 3 N–H and O–H groups in total. The summed E-state index contributed by atoms with van der Waals surface area (Å²) in [7, 11) is 0. The van der Waals surface area contributed by atoms with E-state index in [1.807, 2.05) is 23.1 Å². The summed E-state index contributed by atoms with van der Waals surface area (Å²) in [6, 6.07) is 5.19. The summed E-state index contributed by atoms with van der Waals surface area (Å²) in [5, 5.41) is 9.05. The number of fused-ring (bicyclic) bond motifs is 1. The van der Waals surface area contributed by atoms with Gasteiger partial charge in [-0.1, -0.05) is 18.2 Å². The first-order valence-electron chi connectivity index (χ1n) is 11.5. The average Bonchev–Trinajstić information content (AvgIpc) is 3.33. The third-order valence-electron chi connectivity index (χ3n) is 7.17. The molecule has 0 spiro atoms. The zero-order valence-electron chi connectivity index (χ0n) is 18.1. The van der Waals surface area contributed by atoms with Crippen molar-refractivity contribution >= 4 is 23.6 Å². The zero-order chi connectivity index (χ0) is 22.2. The lowest BCUT2D eigenvalue weighted by atomic mass is 10.0. The standard InChI is InChI=1S/C23H29N5O4/c29-19-5-4-18(21(30)26-19)28-13-15-3-1-2-14(20(15)23(28)32)12-25-17-8-11-27(22(17)31)16-6-9-24-10-7-16/h1-3,16-18,24-25H,4-13H2,(H,26,29,30). The fourth-order valence-electron chi connectivity index (χ4n) is 5.44. The SMILES string of the molecule is O=C1CCC(N2Cc3cccc(CNC4CCN(C5CCNCC5)C4=O)c3C2=O)C(=O)N1. The molecule has 9 nitrogen and oxygen atoms in total. The molecule has 0 radical (unpaired) electrons. The Labute approximate surface area is 186 Å². The van der Waals surface area contributed by atoms with Crippen molar-refractivity contribution in [2.45, 2.75) is 63.3 Å². The van der Waals surface area contributed by atoms with E-state index in [-0.39, 0.29) is 30.2 Å². The Hall–Kier alpha value is -2.78. The lowest BCUT2D eigenvalue weighted by Crippen LogP contribution is -2.52. The van der Waals surface area contributed by atoms with E-state index >= 15 is 0 Å².